The Morgan fingerprint density at radius 2 is 1.62 bits per heavy atom. The number of carbonyl (C=O) groups is 1. The Balaban J connectivity index is 2.58. The van der Waals surface area contributed by atoms with Gasteiger partial charge in [-0.3, -0.25) is 4.79 Å². The minimum Gasteiger partial charge on any atom is -0.469 e. The van der Waals surface area contributed by atoms with Crippen molar-refractivity contribution in [2.45, 2.75) is 33.6 Å². The molecule has 0 aromatic carbocycles. The van der Waals surface area contributed by atoms with E-state index in [2.05, 4.69) is 20.8 Å². The second kappa shape index (κ2) is 4.12. The van der Waals surface area contributed by atoms with Crippen LogP contribution < -0.4 is 0 Å². The molecule has 2 nitrogen and oxygen atoms in total. The summed E-state index contributed by atoms with van der Waals surface area (Å²) in [5.41, 5.74) is 0. The molecule has 0 aliphatic heterocycles. The Kier molecular flexibility index (Phi) is 3.34. The van der Waals surface area contributed by atoms with Gasteiger partial charge in [-0.2, -0.15) is 0 Å². The molecule has 0 heterocycles. The van der Waals surface area contributed by atoms with Crippen LogP contribution >= 0.6 is 0 Å². The largest absolute Gasteiger partial charge is 0.469 e. The standard InChI is InChI=1S/C11H20O2/c1-7-5-10(11(12)13-4)6-8(2)9(7)3/h7-10H,5-6H2,1-4H3. The molecule has 0 N–H and O–H groups in total. The van der Waals surface area contributed by atoms with Crippen LogP contribution in [0.25, 0.3) is 0 Å². The third-order valence-corrected chi connectivity index (χ3v) is 3.64. The van der Waals surface area contributed by atoms with E-state index in [1.54, 1.807) is 0 Å². The summed E-state index contributed by atoms with van der Waals surface area (Å²) in [4.78, 5) is 11.3. The van der Waals surface area contributed by atoms with Gasteiger partial charge in [-0.1, -0.05) is 20.8 Å². The molecule has 0 aromatic heterocycles. The lowest BCUT2D eigenvalue weighted by Crippen LogP contribution is -2.32. The van der Waals surface area contributed by atoms with E-state index in [1.165, 1.54) is 7.11 Å². The molecular formula is C11H20O2. The van der Waals surface area contributed by atoms with Crippen molar-refractivity contribution < 1.29 is 9.53 Å². The van der Waals surface area contributed by atoms with Crippen molar-refractivity contribution in [2.75, 3.05) is 7.11 Å². The number of methoxy groups -OCH3 is 1. The van der Waals surface area contributed by atoms with Crippen molar-refractivity contribution in [1.29, 1.82) is 0 Å². The van der Waals surface area contributed by atoms with Gasteiger partial charge in [0.2, 0.25) is 0 Å². The predicted octanol–water partition coefficient (Wildman–Crippen LogP) is 2.48. The highest BCUT2D eigenvalue weighted by molar-refractivity contribution is 5.72. The monoisotopic (exact) mass is 184 g/mol. The molecule has 0 spiro atoms. The molecule has 2 heteroatoms. The predicted molar refractivity (Wildman–Crippen MR) is 52.2 cm³/mol. The van der Waals surface area contributed by atoms with E-state index in [-0.39, 0.29) is 11.9 Å². The molecule has 2 unspecified atom stereocenters. The fraction of sp³-hybridized carbons (Fsp3) is 0.909. The Hall–Kier alpha value is -0.530. The molecule has 0 bridgehead atoms. The van der Waals surface area contributed by atoms with Crippen LogP contribution in [0.5, 0.6) is 0 Å². The highest BCUT2D eigenvalue weighted by Crippen LogP contribution is 2.37. The molecule has 1 saturated carbocycles. The van der Waals surface area contributed by atoms with E-state index in [0.29, 0.717) is 11.8 Å². The van der Waals surface area contributed by atoms with Crippen LogP contribution in [-0.4, -0.2) is 13.1 Å². The van der Waals surface area contributed by atoms with Gasteiger partial charge in [-0.05, 0) is 30.6 Å². The Morgan fingerprint density at radius 3 is 2.00 bits per heavy atom. The van der Waals surface area contributed by atoms with Crippen molar-refractivity contribution in [3.8, 4) is 0 Å². The Morgan fingerprint density at radius 1 is 1.15 bits per heavy atom. The normalized spacial score (nSPS) is 40.0. The molecule has 2 atom stereocenters. The molecule has 1 aliphatic rings. The maximum atomic E-state index is 11.3. The SMILES string of the molecule is COC(=O)C1CC(C)C(C)C(C)C1. The second-order valence-corrected chi connectivity index (χ2v) is 4.51. The molecule has 0 amide bonds. The van der Waals surface area contributed by atoms with Gasteiger partial charge < -0.3 is 4.74 Å². The molecule has 13 heavy (non-hydrogen) atoms. The van der Waals surface area contributed by atoms with Crippen molar-refractivity contribution in [3.63, 3.8) is 0 Å². The van der Waals surface area contributed by atoms with E-state index in [0.717, 1.165) is 18.8 Å². The van der Waals surface area contributed by atoms with Gasteiger partial charge in [0.25, 0.3) is 0 Å². The lowest BCUT2D eigenvalue weighted by molar-refractivity contribution is -0.148. The van der Waals surface area contributed by atoms with Gasteiger partial charge in [0.1, 0.15) is 0 Å². The summed E-state index contributed by atoms with van der Waals surface area (Å²) >= 11 is 0. The van der Waals surface area contributed by atoms with Gasteiger partial charge in [0.15, 0.2) is 0 Å². The van der Waals surface area contributed by atoms with Crippen LogP contribution in [0.3, 0.4) is 0 Å². The molecule has 1 rings (SSSR count). The van der Waals surface area contributed by atoms with Crippen molar-refractivity contribution >= 4 is 5.97 Å². The lowest BCUT2D eigenvalue weighted by atomic mass is 9.70. The summed E-state index contributed by atoms with van der Waals surface area (Å²) in [6.45, 7) is 6.75. The number of hydrogen-bond donors (Lipinski definition) is 0. The smallest absolute Gasteiger partial charge is 0.308 e. The number of rotatable bonds is 1. The van der Waals surface area contributed by atoms with Gasteiger partial charge in [0, 0.05) is 0 Å². The molecule has 0 saturated heterocycles. The van der Waals surface area contributed by atoms with Gasteiger partial charge >= 0.3 is 5.97 Å². The first-order chi connectivity index (χ1) is 6.06. The third-order valence-electron chi connectivity index (χ3n) is 3.64. The summed E-state index contributed by atoms with van der Waals surface area (Å²) in [6, 6.07) is 0. The summed E-state index contributed by atoms with van der Waals surface area (Å²) in [6.07, 6.45) is 2.00. The van der Waals surface area contributed by atoms with Crippen LogP contribution in [-0.2, 0) is 9.53 Å². The minimum atomic E-state index is -0.0226. The Labute approximate surface area is 80.7 Å². The third kappa shape index (κ3) is 2.23. The highest BCUT2D eigenvalue weighted by atomic mass is 16.5. The molecular weight excluding hydrogens is 164 g/mol. The minimum absolute atomic E-state index is 0.0226. The molecule has 76 valence electrons. The fourth-order valence-corrected chi connectivity index (χ4v) is 2.34. The second-order valence-electron chi connectivity index (χ2n) is 4.51. The quantitative estimate of drug-likeness (QED) is 0.585. The zero-order valence-electron chi connectivity index (χ0n) is 9.04. The van der Waals surface area contributed by atoms with E-state index in [1.807, 2.05) is 0 Å². The van der Waals surface area contributed by atoms with Crippen molar-refractivity contribution in [1.82, 2.24) is 0 Å². The average molecular weight is 184 g/mol. The summed E-state index contributed by atoms with van der Waals surface area (Å²) in [5.74, 6) is 2.15. The molecule has 1 fully saturated rings. The van der Waals surface area contributed by atoms with Gasteiger partial charge in [-0.25, -0.2) is 0 Å². The summed E-state index contributed by atoms with van der Waals surface area (Å²) in [7, 11) is 1.48. The van der Waals surface area contributed by atoms with E-state index in [4.69, 9.17) is 4.74 Å². The summed E-state index contributed by atoms with van der Waals surface area (Å²) in [5, 5.41) is 0. The lowest BCUT2D eigenvalue weighted by Gasteiger charge is -2.35. The maximum absolute atomic E-state index is 11.3. The first-order valence-corrected chi connectivity index (χ1v) is 5.14. The van der Waals surface area contributed by atoms with Crippen LogP contribution in [0.4, 0.5) is 0 Å². The Bertz CT molecular complexity index is 177. The van der Waals surface area contributed by atoms with E-state index >= 15 is 0 Å². The molecule has 1 aliphatic carbocycles. The van der Waals surface area contributed by atoms with Crippen LogP contribution in [0.2, 0.25) is 0 Å². The fourth-order valence-electron chi connectivity index (χ4n) is 2.34. The van der Waals surface area contributed by atoms with Gasteiger partial charge in [-0.15, -0.1) is 0 Å². The zero-order chi connectivity index (χ0) is 10.0. The number of carbonyl (C=O) groups excluding carboxylic acids is 1. The van der Waals surface area contributed by atoms with Crippen LogP contribution in [0.15, 0.2) is 0 Å². The highest BCUT2D eigenvalue weighted by Gasteiger charge is 2.34. The van der Waals surface area contributed by atoms with Crippen LogP contribution in [0.1, 0.15) is 33.6 Å². The van der Waals surface area contributed by atoms with Crippen LogP contribution in [0, 0.1) is 23.7 Å². The van der Waals surface area contributed by atoms with Crippen molar-refractivity contribution in [2.24, 2.45) is 23.7 Å². The van der Waals surface area contributed by atoms with Crippen molar-refractivity contribution in [3.05, 3.63) is 0 Å². The molecule has 0 aromatic rings. The summed E-state index contributed by atoms with van der Waals surface area (Å²) < 4.78 is 4.78. The maximum Gasteiger partial charge on any atom is 0.308 e. The van der Waals surface area contributed by atoms with Gasteiger partial charge in [0.05, 0.1) is 13.0 Å². The van der Waals surface area contributed by atoms with E-state index < -0.39 is 0 Å². The topological polar surface area (TPSA) is 26.3 Å². The number of esters is 1. The van der Waals surface area contributed by atoms with E-state index in [9.17, 15) is 4.79 Å². The zero-order valence-corrected chi connectivity index (χ0v) is 9.04. The molecule has 0 radical (unpaired) electrons. The first-order valence-electron chi connectivity index (χ1n) is 5.14. The number of ether oxygens (including phenoxy) is 1. The average Bonchev–Trinajstić information content (AvgIpc) is 2.12. The number of hydrogen-bond acceptors (Lipinski definition) is 2. The first kappa shape index (κ1) is 10.6.